The largest absolute Gasteiger partial charge is 0.489 e. The van der Waals surface area contributed by atoms with Gasteiger partial charge in [-0.25, -0.2) is 0 Å². The van der Waals surface area contributed by atoms with Crippen molar-refractivity contribution in [3.8, 4) is 5.75 Å². The normalized spacial score (nSPS) is 27.2. The van der Waals surface area contributed by atoms with Crippen molar-refractivity contribution in [2.24, 2.45) is 5.92 Å². The van der Waals surface area contributed by atoms with Crippen LogP contribution in [0, 0.1) is 5.92 Å². The third-order valence-electron chi connectivity index (χ3n) is 3.56. The van der Waals surface area contributed by atoms with Crippen LogP contribution < -0.4 is 4.74 Å². The number of rotatable bonds is 1. The summed E-state index contributed by atoms with van der Waals surface area (Å²) in [4.78, 5) is 11.6. The highest BCUT2D eigenvalue weighted by molar-refractivity contribution is 5.84. The van der Waals surface area contributed by atoms with E-state index in [4.69, 9.17) is 9.84 Å². The fourth-order valence-corrected chi connectivity index (χ4v) is 2.67. The SMILES string of the molecule is O=C1CCC2Oc3ccc(CO)cc3CC12. The number of carbonyl (C=O) groups excluding carboxylic acids is 1. The molecular formula is C13H14O3. The molecule has 0 spiro atoms. The number of aliphatic hydroxyl groups excluding tert-OH is 1. The van der Waals surface area contributed by atoms with E-state index in [-0.39, 0.29) is 18.6 Å². The molecule has 1 fully saturated rings. The minimum Gasteiger partial charge on any atom is -0.489 e. The van der Waals surface area contributed by atoms with Gasteiger partial charge in [0.05, 0.1) is 12.5 Å². The Balaban J connectivity index is 1.96. The number of ketones is 1. The first kappa shape index (κ1) is 9.85. The van der Waals surface area contributed by atoms with Gasteiger partial charge in [-0.05, 0) is 36.1 Å². The predicted molar refractivity (Wildman–Crippen MR) is 58.2 cm³/mol. The highest BCUT2D eigenvalue weighted by atomic mass is 16.5. The van der Waals surface area contributed by atoms with Crippen molar-refractivity contribution in [3.63, 3.8) is 0 Å². The molecule has 3 nitrogen and oxygen atoms in total. The first-order valence-corrected chi connectivity index (χ1v) is 5.70. The Hall–Kier alpha value is -1.35. The van der Waals surface area contributed by atoms with Crippen LogP contribution in [0.5, 0.6) is 5.75 Å². The second-order valence-electron chi connectivity index (χ2n) is 4.57. The fourth-order valence-electron chi connectivity index (χ4n) is 2.67. The lowest BCUT2D eigenvalue weighted by Gasteiger charge is -2.28. The van der Waals surface area contributed by atoms with Gasteiger partial charge in [-0.2, -0.15) is 0 Å². The molecule has 84 valence electrons. The van der Waals surface area contributed by atoms with E-state index >= 15 is 0 Å². The molecule has 2 aliphatic rings. The minimum atomic E-state index is 0.0370. The standard InChI is InChI=1S/C13H14O3/c14-7-8-1-3-12-9(5-8)6-10-11(15)2-4-13(10)16-12/h1,3,5,10,13-14H,2,4,6-7H2. The summed E-state index contributed by atoms with van der Waals surface area (Å²) in [6.07, 6.45) is 2.35. The van der Waals surface area contributed by atoms with E-state index in [0.717, 1.165) is 29.7 Å². The summed E-state index contributed by atoms with van der Waals surface area (Å²) in [5, 5.41) is 9.07. The summed E-state index contributed by atoms with van der Waals surface area (Å²) in [6, 6.07) is 5.72. The maximum absolute atomic E-state index is 11.6. The molecule has 0 radical (unpaired) electrons. The first-order chi connectivity index (χ1) is 7.78. The molecule has 0 amide bonds. The van der Waals surface area contributed by atoms with Gasteiger partial charge < -0.3 is 9.84 Å². The van der Waals surface area contributed by atoms with Crippen LogP contribution in [0.15, 0.2) is 18.2 Å². The summed E-state index contributed by atoms with van der Waals surface area (Å²) in [5.74, 6) is 1.25. The summed E-state index contributed by atoms with van der Waals surface area (Å²) < 4.78 is 5.82. The zero-order valence-electron chi connectivity index (χ0n) is 8.98. The molecule has 0 aromatic heterocycles. The second kappa shape index (κ2) is 3.59. The van der Waals surface area contributed by atoms with Crippen molar-refractivity contribution in [2.45, 2.75) is 32.0 Å². The maximum atomic E-state index is 11.6. The number of aliphatic hydroxyl groups is 1. The van der Waals surface area contributed by atoms with Gasteiger partial charge in [0.2, 0.25) is 0 Å². The quantitative estimate of drug-likeness (QED) is 0.776. The van der Waals surface area contributed by atoms with Crippen LogP contribution in [0.25, 0.3) is 0 Å². The highest BCUT2D eigenvalue weighted by Gasteiger charge is 2.39. The Labute approximate surface area is 94.0 Å². The Morgan fingerprint density at radius 1 is 1.44 bits per heavy atom. The molecule has 1 aromatic rings. The lowest BCUT2D eigenvalue weighted by molar-refractivity contribution is -0.122. The third-order valence-corrected chi connectivity index (χ3v) is 3.56. The van der Waals surface area contributed by atoms with E-state index in [1.807, 2.05) is 18.2 Å². The van der Waals surface area contributed by atoms with Crippen molar-refractivity contribution in [3.05, 3.63) is 29.3 Å². The molecule has 1 aliphatic heterocycles. The van der Waals surface area contributed by atoms with E-state index in [9.17, 15) is 4.79 Å². The average Bonchev–Trinajstić information content (AvgIpc) is 2.67. The second-order valence-corrected chi connectivity index (χ2v) is 4.57. The molecule has 1 N–H and O–H groups in total. The van der Waals surface area contributed by atoms with E-state index in [1.165, 1.54) is 0 Å². The van der Waals surface area contributed by atoms with Crippen LogP contribution in [-0.4, -0.2) is 17.0 Å². The smallest absolute Gasteiger partial charge is 0.140 e. The third kappa shape index (κ3) is 1.43. The molecular weight excluding hydrogens is 204 g/mol. The monoisotopic (exact) mass is 218 g/mol. The molecule has 16 heavy (non-hydrogen) atoms. The van der Waals surface area contributed by atoms with Crippen molar-refractivity contribution in [2.75, 3.05) is 0 Å². The highest BCUT2D eigenvalue weighted by Crippen LogP contribution is 2.37. The summed E-state index contributed by atoms with van der Waals surface area (Å²) in [5.41, 5.74) is 1.94. The van der Waals surface area contributed by atoms with Crippen LogP contribution in [0.3, 0.4) is 0 Å². The number of benzene rings is 1. The average molecular weight is 218 g/mol. The van der Waals surface area contributed by atoms with Gasteiger partial charge in [-0.3, -0.25) is 4.79 Å². The van der Waals surface area contributed by atoms with E-state index in [2.05, 4.69) is 0 Å². The van der Waals surface area contributed by atoms with E-state index in [1.54, 1.807) is 0 Å². The van der Waals surface area contributed by atoms with Gasteiger partial charge >= 0.3 is 0 Å². The molecule has 3 rings (SSSR count). The van der Waals surface area contributed by atoms with Crippen molar-refractivity contribution >= 4 is 5.78 Å². The number of carbonyl (C=O) groups is 1. The van der Waals surface area contributed by atoms with Gasteiger partial charge in [0, 0.05) is 6.42 Å². The molecule has 1 aliphatic carbocycles. The Morgan fingerprint density at radius 2 is 2.31 bits per heavy atom. The van der Waals surface area contributed by atoms with Crippen LogP contribution in [0.2, 0.25) is 0 Å². The van der Waals surface area contributed by atoms with Crippen molar-refractivity contribution in [1.82, 2.24) is 0 Å². The molecule has 3 heteroatoms. The molecule has 1 aromatic carbocycles. The number of fused-ring (bicyclic) bond motifs is 2. The number of hydrogen-bond donors (Lipinski definition) is 1. The van der Waals surface area contributed by atoms with Gasteiger partial charge in [-0.1, -0.05) is 6.07 Å². The fraction of sp³-hybridized carbons (Fsp3) is 0.462. The van der Waals surface area contributed by atoms with Gasteiger partial charge in [0.1, 0.15) is 17.6 Å². The Bertz CT molecular complexity index is 439. The van der Waals surface area contributed by atoms with Gasteiger partial charge in [-0.15, -0.1) is 0 Å². The Morgan fingerprint density at radius 3 is 3.12 bits per heavy atom. The Kier molecular flexibility index (Phi) is 2.21. The van der Waals surface area contributed by atoms with Gasteiger partial charge in [0.15, 0.2) is 0 Å². The predicted octanol–water partition coefficient (Wildman–Crippen LogP) is 1.46. The molecule has 0 saturated heterocycles. The van der Waals surface area contributed by atoms with E-state index in [0.29, 0.717) is 12.2 Å². The number of hydrogen-bond acceptors (Lipinski definition) is 3. The van der Waals surface area contributed by atoms with Gasteiger partial charge in [0.25, 0.3) is 0 Å². The zero-order chi connectivity index (χ0) is 11.1. The first-order valence-electron chi connectivity index (χ1n) is 5.70. The van der Waals surface area contributed by atoms with E-state index < -0.39 is 0 Å². The molecule has 2 unspecified atom stereocenters. The summed E-state index contributed by atoms with van der Waals surface area (Å²) in [6.45, 7) is 0.0370. The molecule has 1 saturated carbocycles. The number of ether oxygens (including phenoxy) is 1. The molecule has 2 atom stereocenters. The molecule has 1 heterocycles. The maximum Gasteiger partial charge on any atom is 0.140 e. The topological polar surface area (TPSA) is 46.5 Å². The summed E-state index contributed by atoms with van der Waals surface area (Å²) in [7, 11) is 0. The van der Waals surface area contributed by atoms with Crippen LogP contribution in [0.1, 0.15) is 24.0 Å². The lowest BCUT2D eigenvalue weighted by atomic mass is 9.91. The number of Topliss-reactive ketones (excluding diaryl/α,β-unsaturated/α-hetero) is 1. The minimum absolute atomic E-state index is 0.0370. The van der Waals surface area contributed by atoms with Crippen LogP contribution in [-0.2, 0) is 17.8 Å². The summed E-state index contributed by atoms with van der Waals surface area (Å²) >= 11 is 0. The van der Waals surface area contributed by atoms with Crippen LogP contribution >= 0.6 is 0 Å². The van der Waals surface area contributed by atoms with Crippen LogP contribution in [0.4, 0.5) is 0 Å². The zero-order valence-corrected chi connectivity index (χ0v) is 8.98. The van der Waals surface area contributed by atoms with Crippen molar-refractivity contribution in [1.29, 1.82) is 0 Å². The van der Waals surface area contributed by atoms with Crippen molar-refractivity contribution < 1.29 is 14.6 Å². The molecule has 0 bridgehead atoms. The lowest BCUT2D eigenvalue weighted by Crippen LogP contribution is -2.31.